The maximum Gasteiger partial charge on any atom is 0.222 e. The van der Waals surface area contributed by atoms with Gasteiger partial charge in [0.2, 0.25) is 5.89 Å². The maximum atomic E-state index is 5.95. The Labute approximate surface area is 128 Å². The van der Waals surface area contributed by atoms with Crippen molar-refractivity contribution in [2.24, 2.45) is 4.99 Å². The van der Waals surface area contributed by atoms with Crippen molar-refractivity contribution in [2.75, 3.05) is 0 Å². The second-order valence-corrected chi connectivity index (χ2v) is 6.96. The van der Waals surface area contributed by atoms with Crippen molar-refractivity contribution in [3.05, 3.63) is 48.1 Å². The van der Waals surface area contributed by atoms with E-state index < -0.39 is 0 Å². The smallest absolute Gasteiger partial charge is 0.222 e. The van der Waals surface area contributed by atoms with E-state index in [1.54, 1.807) is 0 Å². The van der Waals surface area contributed by atoms with Gasteiger partial charge in [-0.25, -0.2) is 4.98 Å². The van der Waals surface area contributed by atoms with Gasteiger partial charge in [-0.15, -0.1) is 0 Å². The molecule has 0 bridgehead atoms. The van der Waals surface area contributed by atoms with Crippen LogP contribution in [0.1, 0.15) is 31.4 Å². The predicted molar refractivity (Wildman–Crippen MR) is 90.5 cm³/mol. The van der Waals surface area contributed by atoms with Crippen LogP contribution in [-0.2, 0) is 5.54 Å². The molecule has 1 aliphatic heterocycles. The van der Waals surface area contributed by atoms with Crippen LogP contribution in [0.4, 0.5) is 0 Å². The lowest BCUT2D eigenvalue weighted by Gasteiger charge is -2.19. The summed E-state index contributed by atoms with van der Waals surface area (Å²) in [4.78, 5) is 9.38. The molecule has 21 heavy (non-hydrogen) atoms. The molecular formula is C17H20N2OSi. The largest absolute Gasteiger partial charge is 0.443 e. The van der Waals surface area contributed by atoms with Crippen LogP contribution in [0, 0.1) is 6.92 Å². The number of rotatable bonds is 2. The van der Waals surface area contributed by atoms with Crippen LogP contribution in [0.25, 0.3) is 11.3 Å². The fraction of sp³-hybridized carbons (Fsp3) is 0.294. The first-order chi connectivity index (χ1) is 10.1. The molecule has 2 heterocycles. The fourth-order valence-electron chi connectivity index (χ4n) is 2.56. The molecule has 0 amide bonds. The SMILES string of the molecule is Cc1oc(C2(C)CCC=CC=N2)nc1-c1ccc([SiH3])cc1. The molecule has 0 spiro atoms. The minimum absolute atomic E-state index is 0.371. The number of aliphatic imine (C=N–C) groups is 1. The van der Waals surface area contributed by atoms with E-state index in [2.05, 4.69) is 42.3 Å². The van der Waals surface area contributed by atoms with Crippen LogP contribution in [-0.4, -0.2) is 21.4 Å². The molecule has 0 radical (unpaired) electrons. The topological polar surface area (TPSA) is 38.4 Å². The van der Waals surface area contributed by atoms with E-state index in [0.29, 0.717) is 5.89 Å². The number of nitrogens with zero attached hydrogens (tertiary/aromatic N) is 2. The Morgan fingerprint density at radius 3 is 2.76 bits per heavy atom. The van der Waals surface area contributed by atoms with Gasteiger partial charge >= 0.3 is 0 Å². The van der Waals surface area contributed by atoms with Crippen LogP contribution in [0.5, 0.6) is 0 Å². The molecule has 1 aliphatic rings. The van der Waals surface area contributed by atoms with E-state index in [1.165, 1.54) is 5.19 Å². The van der Waals surface area contributed by atoms with Gasteiger partial charge in [0.05, 0.1) is 0 Å². The molecule has 2 aromatic rings. The molecule has 1 unspecified atom stereocenters. The summed E-state index contributed by atoms with van der Waals surface area (Å²) in [5.41, 5.74) is 1.67. The second-order valence-electron chi connectivity index (χ2n) is 5.81. The number of oxazole rings is 1. The molecule has 3 rings (SSSR count). The van der Waals surface area contributed by atoms with Crippen molar-refractivity contribution >= 4 is 21.6 Å². The zero-order valence-electron chi connectivity index (χ0n) is 12.8. The Hall–Kier alpha value is -1.94. The van der Waals surface area contributed by atoms with Crippen LogP contribution in [0.3, 0.4) is 0 Å². The summed E-state index contributed by atoms with van der Waals surface area (Å²) >= 11 is 0. The van der Waals surface area contributed by atoms with Crippen LogP contribution >= 0.6 is 0 Å². The zero-order valence-corrected chi connectivity index (χ0v) is 14.8. The average Bonchev–Trinajstić information content (AvgIpc) is 2.72. The highest BCUT2D eigenvalue weighted by Gasteiger charge is 2.32. The first-order valence-corrected chi connectivity index (χ1v) is 8.34. The van der Waals surface area contributed by atoms with Gasteiger partial charge in [0.15, 0.2) is 0 Å². The lowest BCUT2D eigenvalue weighted by molar-refractivity contribution is 0.332. The Bertz CT molecular complexity index is 700. The Morgan fingerprint density at radius 2 is 2.00 bits per heavy atom. The first-order valence-electron chi connectivity index (χ1n) is 7.34. The van der Waals surface area contributed by atoms with Crippen molar-refractivity contribution in [3.8, 4) is 11.3 Å². The predicted octanol–water partition coefficient (Wildman–Crippen LogP) is 2.28. The van der Waals surface area contributed by atoms with Crippen LogP contribution in [0.15, 0.2) is 45.8 Å². The lowest BCUT2D eigenvalue weighted by atomic mass is 9.97. The monoisotopic (exact) mass is 296 g/mol. The summed E-state index contributed by atoms with van der Waals surface area (Å²) in [6, 6.07) is 8.56. The standard InChI is InChI=1S/C17H20N2OSi/c1-12-15(13-6-8-14(21)9-7-13)19-16(20-12)17(2)10-4-3-5-11-18-17/h3,5-9,11H,4,10H2,1-2,21H3. The molecule has 4 heteroatoms. The number of aromatic nitrogens is 1. The normalized spacial score (nSPS) is 21.6. The summed E-state index contributed by atoms with van der Waals surface area (Å²) in [5, 5.41) is 1.38. The van der Waals surface area contributed by atoms with Gasteiger partial charge in [0.25, 0.3) is 0 Å². The Morgan fingerprint density at radius 1 is 1.24 bits per heavy atom. The summed E-state index contributed by atoms with van der Waals surface area (Å²) < 4.78 is 5.95. The highest BCUT2D eigenvalue weighted by molar-refractivity contribution is 6.32. The van der Waals surface area contributed by atoms with Gasteiger partial charge in [-0.05, 0) is 32.8 Å². The first kappa shape index (κ1) is 14.0. The van der Waals surface area contributed by atoms with E-state index in [0.717, 1.165) is 40.1 Å². The molecule has 0 fully saturated rings. The van der Waals surface area contributed by atoms with Crippen LogP contribution in [0.2, 0.25) is 0 Å². The molecule has 1 aromatic carbocycles. The van der Waals surface area contributed by atoms with E-state index in [9.17, 15) is 0 Å². The molecule has 0 saturated heterocycles. The minimum atomic E-state index is -0.371. The van der Waals surface area contributed by atoms with Crippen molar-refractivity contribution in [3.63, 3.8) is 0 Å². The van der Waals surface area contributed by atoms with Gasteiger partial charge in [0, 0.05) is 22.0 Å². The Balaban J connectivity index is 1.99. The number of benzene rings is 1. The van der Waals surface area contributed by atoms with E-state index in [1.807, 2.05) is 19.2 Å². The summed E-state index contributed by atoms with van der Waals surface area (Å²) in [6.07, 6.45) is 7.88. The molecule has 0 saturated carbocycles. The zero-order chi connectivity index (χ0) is 14.9. The van der Waals surface area contributed by atoms with Crippen molar-refractivity contribution in [2.45, 2.75) is 32.2 Å². The number of aryl methyl sites for hydroxylation is 1. The number of allylic oxidation sites excluding steroid dienone is 2. The third-order valence-corrected chi connectivity index (χ3v) is 4.63. The summed E-state index contributed by atoms with van der Waals surface area (Å²) in [5.74, 6) is 1.57. The van der Waals surface area contributed by atoms with Gasteiger partial charge < -0.3 is 4.42 Å². The van der Waals surface area contributed by atoms with Gasteiger partial charge in [-0.1, -0.05) is 35.5 Å². The molecular weight excluding hydrogens is 276 g/mol. The summed E-state index contributed by atoms with van der Waals surface area (Å²) in [6.45, 7) is 4.06. The van der Waals surface area contributed by atoms with Crippen molar-refractivity contribution in [1.29, 1.82) is 0 Å². The minimum Gasteiger partial charge on any atom is -0.443 e. The Kier molecular flexibility index (Phi) is 3.63. The van der Waals surface area contributed by atoms with Crippen LogP contribution < -0.4 is 5.19 Å². The molecule has 0 aliphatic carbocycles. The van der Waals surface area contributed by atoms with Gasteiger partial charge in [-0.2, -0.15) is 0 Å². The second kappa shape index (κ2) is 5.45. The molecule has 1 aromatic heterocycles. The van der Waals surface area contributed by atoms with E-state index in [4.69, 9.17) is 9.40 Å². The molecule has 108 valence electrons. The van der Waals surface area contributed by atoms with Crippen molar-refractivity contribution < 1.29 is 4.42 Å². The van der Waals surface area contributed by atoms with Gasteiger partial charge in [0.1, 0.15) is 17.0 Å². The maximum absolute atomic E-state index is 5.95. The highest BCUT2D eigenvalue weighted by atomic mass is 28.1. The molecule has 0 N–H and O–H groups in total. The van der Waals surface area contributed by atoms with E-state index >= 15 is 0 Å². The van der Waals surface area contributed by atoms with Crippen molar-refractivity contribution in [1.82, 2.24) is 4.98 Å². The van der Waals surface area contributed by atoms with Gasteiger partial charge in [-0.3, -0.25) is 4.99 Å². The quantitative estimate of drug-likeness (QED) is 0.798. The van der Waals surface area contributed by atoms with E-state index in [-0.39, 0.29) is 5.54 Å². The fourth-order valence-corrected chi connectivity index (χ4v) is 2.90. The number of hydrogen-bond acceptors (Lipinski definition) is 3. The average molecular weight is 296 g/mol. The number of hydrogen-bond donors (Lipinski definition) is 0. The molecule has 3 nitrogen and oxygen atoms in total. The molecule has 1 atom stereocenters. The third-order valence-electron chi connectivity index (χ3n) is 3.96. The highest BCUT2D eigenvalue weighted by Crippen LogP contribution is 2.34. The summed E-state index contributed by atoms with van der Waals surface area (Å²) in [7, 11) is 1.07. The lowest BCUT2D eigenvalue weighted by Crippen LogP contribution is -2.19. The third kappa shape index (κ3) is 2.76.